The summed E-state index contributed by atoms with van der Waals surface area (Å²) in [5.74, 6) is 2.33. The normalized spacial score (nSPS) is 18.8. The maximum atomic E-state index is 12.6. The number of aromatic amines is 1. The summed E-state index contributed by atoms with van der Waals surface area (Å²) >= 11 is 0. The number of nitrogens with zero attached hydrogens (tertiary/aromatic N) is 3. The molecule has 2 heterocycles. The maximum Gasteiger partial charge on any atom is 0.253 e. The number of ether oxygens (including phenoxy) is 1. The highest BCUT2D eigenvalue weighted by atomic mass is 16.5. The number of H-pyrrole nitrogens is 1. The molecule has 6 nitrogen and oxygen atoms in total. The molecule has 1 saturated carbocycles. The molecule has 1 aromatic heterocycles. The van der Waals surface area contributed by atoms with Crippen LogP contribution in [0.25, 0.3) is 11.4 Å². The van der Waals surface area contributed by atoms with Crippen LogP contribution >= 0.6 is 0 Å². The van der Waals surface area contributed by atoms with E-state index < -0.39 is 0 Å². The molecule has 1 aliphatic carbocycles. The van der Waals surface area contributed by atoms with Crippen molar-refractivity contribution >= 4 is 5.91 Å². The number of rotatable bonds is 4. The van der Waals surface area contributed by atoms with Crippen molar-refractivity contribution < 1.29 is 9.53 Å². The average Bonchev–Trinajstić information content (AvgIpc) is 3.38. The van der Waals surface area contributed by atoms with E-state index in [0.29, 0.717) is 17.3 Å². The van der Waals surface area contributed by atoms with Gasteiger partial charge in [-0.25, -0.2) is 4.98 Å². The zero-order valence-corrected chi connectivity index (χ0v) is 13.9. The van der Waals surface area contributed by atoms with E-state index in [0.717, 1.165) is 37.3 Å². The fraction of sp³-hybridized carbons (Fsp3) is 0.500. The van der Waals surface area contributed by atoms with E-state index in [1.165, 1.54) is 12.8 Å². The maximum absolute atomic E-state index is 12.6. The van der Waals surface area contributed by atoms with Crippen molar-refractivity contribution in [3.63, 3.8) is 0 Å². The highest BCUT2D eigenvalue weighted by molar-refractivity contribution is 5.94. The fourth-order valence-corrected chi connectivity index (χ4v) is 3.18. The molecule has 0 atom stereocenters. The van der Waals surface area contributed by atoms with Gasteiger partial charge in [0.25, 0.3) is 5.91 Å². The van der Waals surface area contributed by atoms with Crippen LogP contribution in [0.1, 0.15) is 47.8 Å². The van der Waals surface area contributed by atoms with Crippen molar-refractivity contribution in [3.8, 4) is 11.4 Å². The smallest absolute Gasteiger partial charge is 0.253 e. The van der Waals surface area contributed by atoms with Crippen LogP contribution in [-0.2, 0) is 4.74 Å². The molecule has 0 bridgehead atoms. The number of amides is 1. The lowest BCUT2D eigenvalue weighted by Crippen LogP contribution is -2.40. The molecule has 2 fully saturated rings. The highest BCUT2D eigenvalue weighted by Gasteiger charge is 2.27. The zero-order chi connectivity index (χ0) is 16.5. The van der Waals surface area contributed by atoms with Crippen molar-refractivity contribution in [1.29, 1.82) is 0 Å². The van der Waals surface area contributed by atoms with E-state index in [1.807, 2.05) is 29.2 Å². The first-order valence-electron chi connectivity index (χ1n) is 8.59. The molecule has 2 aromatic rings. The van der Waals surface area contributed by atoms with Gasteiger partial charge in [0.15, 0.2) is 5.82 Å². The summed E-state index contributed by atoms with van der Waals surface area (Å²) in [5.41, 5.74) is 1.65. The first kappa shape index (κ1) is 15.3. The zero-order valence-electron chi connectivity index (χ0n) is 13.9. The lowest BCUT2D eigenvalue weighted by atomic mass is 10.1. The number of hydrogen-bond acceptors (Lipinski definition) is 4. The average molecular weight is 326 g/mol. The Kier molecular flexibility index (Phi) is 4.06. The monoisotopic (exact) mass is 326 g/mol. The Hall–Kier alpha value is -2.21. The van der Waals surface area contributed by atoms with Gasteiger partial charge in [0.2, 0.25) is 0 Å². The van der Waals surface area contributed by atoms with Gasteiger partial charge in [-0.1, -0.05) is 12.1 Å². The Labute approximate surface area is 141 Å². The highest BCUT2D eigenvalue weighted by Crippen LogP contribution is 2.38. The van der Waals surface area contributed by atoms with Gasteiger partial charge in [0.05, 0.1) is 6.10 Å². The second-order valence-electron chi connectivity index (χ2n) is 6.62. The minimum absolute atomic E-state index is 0.0877. The van der Waals surface area contributed by atoms with E-state index in [1.54, 1.807) is 7.11 Å². The van der Waals surface area contributed by atoms with E-state index in [2.05, 4.69) is 15.2 Å². The van der Waals surface area contributed by atoms with Crippen LogP contribution in [0.5, 0.6) is 0 Å². The predicted octanol–water partition coefficient (Wildman–Crippen LogP) is 2.60. The standard InChI is InChI=1S/C18H22N4O2/c1-24-15-8-10-22(11-9-15)18(23)14-6-4-13(5-7-14)17-19-16(20-21-17)12-2-3-12/h4-7,12,15H,2-3,8-11H2,1H3,(H,19,20,21). The van der Waals surface area contributed by atoms with Crippen LogP contribution in [0.4, 0.5) is 0 Å². The molecule has 1 aliphatic heterocycles. The number of carbonyl (C=O) groups is 1. The number of methoxy groups -OCH3 is 1. The number of carbonyl (C=O) groups excluding carboxylic acids is 1. The van der Waals surface area contributed by atoms with Crippen molar-refractivity contribution in [2.24, 2.45) is 0 Å². The van der Waals surface area contributed by atoms with Gasteiger partial charge in [-0.2, -0.15) is 5.10 Å². The van der Waals surface area contributed by atoms with E-state index in [9.17, 15) is 4.79 Å². The first-order chi connectivity index (χ1) is 11.7. The molecule has 24 heavy (non-hydrogen) atoms. The molecule has 0 spiro atoms. The van der Waals surface area contributed by atoms with E-state index in [4.69, 9.17) is 4.74 Å². The number of nitrogens with one attached hydrogen (secondary N) is 1. The number of benzene rings is 1. The molecule has 2 aliphatic rings. The largest absolute Gasteiger partial charge is 0.381 e. The predicted molar refractivity (Wildman–Crippen MR) is 89.7 cm³/mol. The molecule has 1 saturated heterocycles. The molecule has 126 valence electrons. The van der Waals surface area contributed by atoms with Crippen molar-refractivity contribution in [1.82, 2.24) is 20.1 Å². The lowest BCUT2D eigenvalue weighted by Gasteiger charge is -2.31. The molecule has 0 radical (unpaired) electrons. The van der Waals surface area contributed by atoms with Gasteiger partial charge in [-0.05, 0) is 37.8 Å². The van der Waals surface area contributed by atoms with Crippen LogP contribution in [0.3, 0.4) is 0 Å². The molecule has 1 N–H and O–H groups in total. The van der Waals surface area contributed by atoms with Gasteiger partial charge in [0, 0.05) is 37.2 Å². The minimum Gasteiger partial charge on any atom is -0.381 e. The minimum atomic E-state index is 0.0877. The van der Waals surface area contributed by atoms with E-state index in [-0.39, 0.29) is 12.0 Å². The molecule has 1 aromatic carbocycles. The SMILES string of the molecule is COC1CCN(C(=O)c2ccc(-c3n[nH]c(C4CC4)n3)cc2)CC1. The summed E-state index contributed by atoms with van der Waals surface area (Å²) in [6.07, 6.45) is 4.48. The summed E-state index contributed by atoms with van der Waals surface area (Å²) in [5, 5.41) is 7.30. The third-order valence-electron chi connectivity index (χ3n) is 4.92. The van der Waals surface area contributed by atoms with Crippen LogP contribution in [0.15, 0.2) is 24.3 Å². The Morgan fingerprint density at radius 1 is 1.17 bits per heavy atom. The summed E-state index contributed by atoms with van der Waals surface area (Å²) in [6, 6.07) is 7.59. The Bertz CT molecular complexity index is 713. The van der Waals surface area contributed by atoms with Gasteiger partial charge in [0.1, 0.15) is 5.82 Å². The number of likely N-dealkylation sites (tertiary alicyclic amines) is 1. The Morgan fingerprint density at radius 3 is 2.50 bits per heavy atom. The topological polar surface area (TPSA) is 71.1 Å². The van der Waals surface area contributed by atoms with Gasteiger partial charge < -0.3 is 9.64 Å². The van der Waals surface area contributed by atoms with Crippen LogP contribution in [0, 0.1) is 0 Å². The van der Waals surface area contributed by atoms with Gasteiger partial charge in [-0.3, -0.25) is 9.89 Å². The second-order valence-corrected chi connectivity index (χ2v) is 6.62. The quantitative estimate of drug-likeness (QED) is 0.937. The fourth-order valence-electron chi connectivity index (χ4n) is 3.18. The third-order valence-corrected chi connectivity index (χ3v) is 4.92. The number of aromatic nitrogens is 3. The molecule has 4 rings (SSSR count). The van der Waals surface area contributed by atoms with Crippen molar-refractivity contribution in [3.05, 3.63) is 35.7 Å². The number of piperidine rings is 1. The summed E-state index contributed by atoms with van der Waals surface area (Å²) in [6.45, 7) is 1.51. The molecular formula is C18H22N4O2. The second kappa shape index (κ2) is 6.36. The summed E-state index contributed by atoms with van der Waals surface area (Å²) in [7, 11) is 1.73. The van der Waals surface area contributed by atoms with Crippen LogP contribution in [0.2, 0.25) is 0 Å². The molecule has 1 amide bonds. The molecular weight excluding hydrogens is 304 g/mol. The molecule has 6 heteroatoms. The first-order valence-corrected chi connectivity index (χ1v) is 8.59. The van der Waals surface area contributed by atoms with Crippen LogP contribution in [-0.4, -0.2) is 52.3 Å². The summed E-state index contributed by atoms with van der Waals surface area (Å²) < 4.78 is 5.36. The summed E-state index contributed by atoms with van der Waals surface area (Å²) in [4.78, 5) is 19.0. The van der Waals surface area contributed by atoms with E-state index >= 15 is 0 Å². The Balaban J connectivity index is 1.44. The lowest BCUT2D eigenvalue weighted by molar-refractivity contribution is 0.0351. The van der Waals surface area contributed by atoms with Crippen LogP contribution < -0.4 is 0 Å². The molecule has 0 unspecified atom stereocenters. The van der Waals surface area contributed by atoms with Gasteiger partial charge in [-0.15, -0.1) is 0 Å². The van der Waals surface area contributed by atoms with Crippen molar-refractivity contribution in [2.75, 3.05) is 20.2 Å². The van der Waals surface area contributed by atoms with Crippen molar-refractivity contribution in [2.45, 2.75) is 37.7 Å². The Morgan fingerprint density at radius 2 is 1.88 bits per heavy atom. The third kappa shape index (κ3) is 3.06. The number of hydrogen-bond donors (Lipinski definition) is 1. The van der Waals surface area contributed by atoms with Gasteiger partial charge >= 0.3 is 0 Å².